The van der Waals surface area contributed by atoms with Gasteiger partial charge in [-0.2, -0.15) is 0 Å². The number of cyclic esters (lactones) is 1. The second-order valence-corrected chi connectivity index (χ2v) is 5.37. The minimum absolute atomic E-state index is 0.0350. The van der Waals surface area contributed by atoms with E-state index in [1.54, 1.807) is 7.11 Å². The van der Waals surface area contributed by atoms with Crippen LogP contribution in [-0.4, -0.2) is 25.5 Å². The van der Waals surface area contributed by atoms with E-state index in [1.165, 1.54) is 0 Å². The molecule has 0 amide bonds. The van der Waals surface area contributed by atoms with Crippen molar-refractivity contribution in [2.24, 2.45) is 5.92 Å². The summed E-state index contributed by atoms with van der Waals surface area (Å²) in [6.45, 7) is 0.467. The van der Waals surface area contributed by atoms with Gasteiger partial charge in [0.2, 0.25) is 0 Å². The molecule has 1 unspecified atom stereocenters. The van der Waals surface area contributed by atoms with E-state index in [-0.39, 0.29) is 17.7 Å². The van der Waals surface area contributed by atoms with Crippen LogP contribution < -0.4 is 4.74 Å². The number of carbonyl (C=O) groups is 2. The summed E-state index contributed by atoms with van der Waals surface area (Å²) in [7, 11) is 1.58. The Hall–Kier alpha value is -1.84. The fourth-order valence-corrected chi connectivity index (χ4v) is 2.72. The smallest absolute Gasteiger partial charge is 0.305 e. The van der Waals surface area contributed by atoms with Gasteiger partial charge in [-0.3, -0.25) is 9.59 Å². The molecule has 4 nitrogen and oxygen atoms in total. The van der Waals surface area contributed by atoms with Crippen LogP contribution in [0.3, 0.4) is 0 Å². The van der Waals surface area contributed by atoms with Crippen LogP contribution in [0.15, 0.2) is 24.3 Å². The van der Waals surface area contributed by atoms with E-state index >= 15 is 0 Å². The van der Waals surface area contributed by atoms with Gasteiger partial charge in [-0.1, -0.05) is 12.1 Å². The molecule has 0 saturated carbocycles. The van der Waals surface area contributed by atoms with Crippen molar-refractivity contribution in [3.8, 4) is 5.75 Å². The van der Waals surface area contributed by atoms with Gasteiger partial charge in [0.15, 0.2) is 5.78 Å². The Labute approximate surface area is 125 Å². The number of hydrogen-bond donors (Lipinski definition) is 0. The number of benzene rings is 1. The van der Waals surface area contributed by atoms with Crippen LogP contribution in [0, 0.1) is 5.92 Å². The molecule has 4 heteroatoms. The van der Waals surface area contributed by atoms with Crippen LogP contribution in [0.25, 0.3) is 0 Å². The third-order valence-corrected chi connectivity index (χ3v) is 3.89. The molecule has 0 bridgehead atoms. The number of Topliss-reactive ketones (excluding diaryl/α,β-unsaturated/α-hetero) is 1. The molecule has 0 aromatic heterocycles. The van der Waals surface area contributed by atoms with E-state index in [1.807, 2.05) is 24.3 Å². The first-order valence-electron chi connectivity index (χ1n) is 7.55. The lowest BCUT2D eigenvalue weighted by molar-refractivity contribution is -0.144. The molecule has 0 aliphatic carbocycles. The standard InChI is InChI=1S/C17H22O4/c1-20-15-10-3-2-9-14(15)17(19)13-7-4-5-12-21-16(18)11-6-8-13/h2-3,9-10,13H,4-8,11-12H2,1H3. The lowest BCUT2D eigenvalue weighted by atomic mass is 9.88. The van der Waals surface area contributed by atoms with Crippen molar-refractivity contribution in [2.45, 2.75) is 38.5 Å². The Morgan fingerprint density at radius 2 is 1.95 bits per heavy atom. The number of ketones is 1. The Morgan fingerprint density at radius 3 is 2.76 bits per heavy atom. The summed E-state index contributed by atoms with van der Waals surface area (Å²) >= 11 is 0. The molecule has 1 aromatic rings. The highest BCUT2D eigenvalue weighted by Crippen LogP contribution is 2.27. The Morgan fingerprint density at radius 1 is 1.19 bits per heavy atom. The van der Waals surface area contributed by atoms with Crippen molar-refractivity contribution in [2.75, 3.05) is 13.7 Å². The van der Waals surface area contributed by atoms with Crippen LogP contribution >= 0.6 is 0 Å². The van der Waals surface area contributed by atoms with Crippen LogP contribution in [0.2, 0.25) is 0 Å². The Kier molecular flexibility index (Phi) is 5.78. The molecule has 1 saturated heterocycles. The monoisotopic (exact) mass is 290 g/mol. The maximum absolute atomic E-state index is 12.7. The van der Waals surface area contributed by atoms with Crippen molar-refractivity contribution in [3.63, 3.8) is 0 Å². The molecule has 1 aliphatic heterocycles. The van der Waals surface area contributed by atoms with E-state index in [4.69, 9.17) is 9.47 Å². The van der Waals surface area contributed by atoms with Gasteiger partial charge >= 0.3 is 5.97 Å². The van der Waals surface area contributed by atoms with Gasteiger partial charge in [-0.25, -0.2) is 0 Å². The lowest BCUT2D eigenvalue weighted by Crippen LogP contribution is -2.18. The third kappa shape index (κ3) is 4.31. The van der Waals surface area contributed by atoms with Crippen molar-refractivity contribution in [3.05, 3.63) is 29.8 Å². The van der Waals surface area contributed by atoms with E-state index in [9.17, 15) is 9.59 Å². The highest BCUT2D eigenvalue weighted by molar-refractivity contribution is 6.00. The molecule has 1 aliphatic rings. The minimum atomic E-state index is -0.152. The number of hydrogen-bond acceptors (Lipinski definition) is 4. The second-order valence-electron chi connectivity index (χ2n) is 5.37. The maximum Gasteiger partial charge on any atom is 0.305 e. The molecule has 0 radical (unpaired) electrons. The number of para-hydroxylation sites is 1. The van der Waals surface area contributed by atoms with E-state index in [0.717, 1.165) is 25.7 Å². The molecule has 114 valence electrons. The fraction of sp³-hybridized carbons (Fsp3) is 0.529. The van der Waals surface area contributed by atoms with Crippen molar-refractivity contribution in [1.82, 2.24) is 0 Å². The summed E-state index contributed by atoms with van der Waals surface area (Å²) in [5, 5.41) is 0. The average Bonchev–Trinajstić information content (AvgIpc) is 2.52. The number of methoxy groups -OCH3 is 1. The summed E-state index contributed by atoms with van der Waals surface area (Å²) in [6, 6.07) is 7.34. The molecule has 0 N–H and O–H groups in total. The first-order chi connectivity index (χ1) is 10.2. The molecular formula is C17H22O4. The second kappa shape index (κ2) is 7.81. The zero-order chi connectivity index (χ0) is 15.1. The molecule has 1 atom stereocenters. The van der Waals surface area contributed by atoms with Crippen molar-refractivity contribution in [1.29, 1.82) is 0 Å². The van der Waals surface area contributed by atoms with Crippen LogP contribution in [0.1, 0.15) is 48.9 Å². The number of esters is 1. The zero-order valence-electron chi connectivity index (χ0n) is 12.5. The van der Waals surface area contributed by atoms with E-state index in [0.29, 0.717) is 30.8 Å². The molecule has 2 rings (SSSR count). The van der Waals surface area contributed by atoms with Crippen molar-refractivity contribution < 1.29 is 19.1 Å². The van der Waals surface area contributed by atoms with Gasteiger partial charge in [0.05, 0.1) is 19.3 Å². The Bertz CT molecular complexity index is 495. The first kappa shape index (κ1) is 15.5. The van der Waals surface area contributed by atoms with Gasteiger partial charge in [0.1, 0.15) is 5.75 Å². The molecule has 1 aromatic carbocycles. The predicted molar refractivity (Wildman–Crippen MR) is 79.5 cm³/mol. The number of rotatable bonds is 3. The average molecular weight is 290 g/mol. The predicted octanol–water partition coefficient (Wildman–Crippen LogP) is 3.39. The minimum Gasteiger partial charge on any atom is -0.496 e. The first-order valence-corrected chi connectivity index (χ1v) is 7.55. The maximum atomic E-state index is 12.7. The summed E-state index contributed by atoms with van der Waals surface area (Å²) in [5.41, 5.74) is 0.643. The molecular weight excluding hydrogens is 268 g/mol. The SMILES string of the molecule is COc1ccccc1C(=O)C1CCCCOC(=O)CCC1. The summed E-state index contributed by atoms with van der Waals surface area (Å²) < 4.78 is 10.4. The largest absolute Gasteiger partial charge is 0.496 e. The normalized spacial score (nSPS) is 20.4. The topological polar surface area (TPSA) is 52.6 Å². The molecule has 21 heavy (non-hydrogen) atoms. The highest BCUT2D eigenvalue weighted by atomic mass is 16.5. The van der Waals surface area contributed by atoms with Gasteiger partial charge in [0, 0.05) is 12.3 Å². The molecule has 1 fully saturated rings. The van der Waals surface area contributed by atoms with E-state index < -0.39 is 0 Å². The number of ether oxygens (including phenoxy) is 2. The van der Waals surface area contributed by atoms with Gasteiger partial charge in [-0.05, 0) is 44.2 Å². The van der Waals surface area contributed by atoms with Crippen LogP contribution in [0.4, 0.5) is 0 Å². The van der Waals surface area contributed by atoms with Gasteiger partial charge in [-0.15, -0.1) is 0 Å². The third-order valence-electron chi connectivity index (χ3n) is 3.89. The molecule has 1 heterocycles. The van der Waals surface area contributed by atoms with Gasteiger partial charge in [0.25, 0.3) is 0 Å². The summed E-state index contributed by atoms with van der Waals surface area (Å²) in [6.07, 6.45) is 4.39. The summed E-state index contributed by atoms with van der Waals surface area (Å²) in [4.78, 5) is 24.1. The quantitative estimate of drug-likeness (QED) is 0.632. The number of carbonyl (C=O) groups excluding carboxylic acids is 2. The summed E-state index contributed by atoms with van der Waals surface area (Å²) in [5.74, 6) is 0.563. The lowest BCUT2D eigenvalue weighted by Gasteiger charge is -2.18. The van der Waals surface area contributed by atoms with Crippen LogP contribution in [-0.2, 0) is 9.53 Å². The fourth-order valence-electron chi connectivity index (χ4n) is 2.72. The van der Waals surface area contributed by atoms with E-state index in [2.05, 4.69) is 0 Å². The zero-order valence-corrected chi connectivity index (χ0v) is 12.5. The Balaban J connectivity index is 2.09. The highest BCUT2D eigenvalue weighted by Gasteiger charge is 2.23. The molecule has 0 spiro atoms. The van der Waals surface area contributed by atoms with Crippen LogP contribution in [0.5, 0.6) is 5.75 Å². The van der Waals surface area contributed by atoms with Crippen molar-refractivity contribution >= 4 is 11.8 Å². The van der Waals surface area contributed by atoms with Gasteiger partial charge < -0.3 is 9.47 Å².